The first-order chi connectivity index (χ1) is 12.5. The molecular weight excluding hydrogens is 350 g/mol. The number of fused-ring (bicyclic) bond motifs is 1. The minimum atomic E-state index is -1.28. The van der Waals surface area contributed by atoms with Crippen LogP contribution in [0.25, 0.3) is 6.08 Å². The van der Waals surface area contributed by atoms with Gasteiger partial charge < -0.3 is 14.2 Å². The Morgan fingerprint density at radius 2 is 1.78 bits per heavy atom. The number of hydrogen-bond donors (Lipinski definition) is 0. The van der Waals surface area contributed by atoms with Gasteiger partial charge in [0.05, 0.1) is 6.54 Å². The number of nitrogens with zero attached hydrogens (tertiary/aromatic N) is 1. The van der Waals surface area contributed by atoms with Crippen LogP contribution in [-0.4, -0.2) is 34.3 Å². The largest absolute Gasteiger partial charge is 0.444 e. The summed E-state index contributed by atoms with van der Waals surface area (Å²) in [5.74, 6) is -2.73. The normalized spacial score (nSPS) is 18.6. The highest BCUT2D eigenvalue weighted by Crippen LogP contribution is 2.30. The van der Waals surface area contributed by atoms with Crippen molar-refractivity contribution < 1.29 is 28.6 Å². The molecule has 0 saturated carbocycles. The molecule has 0 atom stereocenters. The van der Waals surface area contributed by atoms with Crippen molar-refractivity contribution in [2.75, 3.05) is 0 Å². The molecule has 2 aliphatic rings. The average molecular weight is 373 g/mol. The number of carbonyl (C=O) groups is 3. The zero-order chi connectivity index (χ0) is 20.0. The molecule has 1 amide bonds. The van der Waals surface area contributed by atoms with E-state index in [0.29, 0.717) is 18.7 Å². The summed E-state index contributed by atoms with van der Waals surface area (Å²) in [7, 11) is 0. The molecule has 3 rings (SSSR count). The SMILES string of the molecule is CC(C)(C)OC(=O)N1Cc2cccc(C=C3C(=O)OC(C)(C)OC3=O)c2C1. The average Bonchev–Trinajstić information content (AvgIpc) is 2.93. The highest BCUT2D eigenvalue weighted by molar-refractivity contribution is 6.19. The van der Waals surface area contributed by atoms with Crippen LogP contribution in [0.15, 0.2) is 23.8 Å². The molecule has 0 bridgehead atoms. The predicted molar refractivity (Wildman–Crippen MR) is 96.2 cm³/mol. The lowest BCUT2D eigenvalue weighted by Gasteiger charge is -2.29. The van der Waals surface area contributed by atoms with Gasteiger partial charge in [-0.15, -0.1) is 0 Å². The van der Waals surface area contributed by atoms with Gasteiger partial charge in [0.1, 0.15) is 11.2 Å². The van der Waals surface area contributed by atoms with E-state index in [2.05, 4.69) is 0 Å². The number of carbonyl (C=O) groups excluding carboxylic acids is 3. The Bertz CT molecular complexity index is 825. The van der Waals surface area contributed by atoms with Gasteiger partial charge >= 0.3 is 18.0 Å². The molecule has 0 unspecified atom stereocenters. The first-order valence-corrected chi connectivity index (χ1v) is 8.72. The minimum absolute atomic E-state index is 0.168. The summed E-state index contributed by atoms with van der Waals surface area (Å²) in [6.07, 6.45) is 1.05. The van der Waals surface area contributed by atoms with Crippen molar-refractivity contribution in [3.63, 3.8) is 0 Å². The quantitative estimate of drug-likeness (QED) is 0.427. The van der Waals surface area contributed by atoms with Crippen LogP contribution >= 0.6 is 0 Å². The molecule has 27 heavy (non-hydrogen) atoms. The predicted octanol–water partition coefficient (Wildman–Crippen LogP) is 3.16. The lowest BCUT2D eigenvalue weighted by Crippen LogP contribution is -2.41. The summed E-state index contributed by atoms with van der Waals surface area (Å²) in [5, 5.41) is 0. The number of esters is 2. The number of ether oxygens (including phenoxy) is 3. The molecule has 1 saturated heterocycles. The second-order valence-corrected chi connectivity index (χ2v) is 8.06. The summed E-state index contributed by atoms with van der Waals surface area (Å²) < 4.78 is 15.7. The van der Waals surface area contributed by atoms with E-state index in [0.717, 1.165) is 11.1 Å². The van der Waals surface area contributed by atoms with Crippen molar-refractivity contribution in [1.82, 2.24) is 4.90 Å². The van der Waals surface area contributed by atoms with Crippen molar-refractivity contribution >= 4 is 24.1 Å². The van der Waals surface area contributed by atoms with Gasteiger partial charge in [0.2, 0.25) is 0 Å². The summed E-state index contributed by atoms with van der Waals surface area (Å²) in [6, 6.07) is 5.50. The van der Waals surface area contributed by atoms with E-state index in [-0.39, 0.29) is 5.57 Å². The van der Waals surface area contributed by atoms with Crippen LogP contribution in [0.5, 0.6) is 0 Å². The number of hydrogen-bond acceptors (Lipinski definition) is 6. The summed E-state index contributed by atoms with van der Waals surface area (Å²) in [6.45, 7) is 9.17. The third-order valence-corrected chi connectivity index (χ3v) is 4.09. The van der Waals surface area contributed by atoms with Crippen molar-refractivity contribution in [1.29, 1.82) is 0 Å². The van der Waals surface area contributed by atoms with Crippen LogP contribution < -0.4 is 0 Å². The molecule has 0 radical (unpaired) electrons. The summed E-state index contributed by atoms with van der Waals surface area (Å²) in [5.41, 5.74) is 1.72. The zero-order valence-corrected chi connectivity index (χ0v) is 16.1. The van der Waals surface area contributed by atoms with E-state index in [9.17, 15) is 14.4 Å². The Hall–Kier alpha value is -2.83. The summed E-state index contributed by atoms with van der Waals surface area (Å²) >= 11 is 0. The second-order valence-electron chi connectivity index (χ2n) is 8.06. The van der Waals surface area contributed by atoms with Crippen molar-refractivity contribution in [3.8, 4) is 0 Å². The Morgan fingerprint density at radius 1 is 1.15 bits per heavy atom. The van der Waals surface area contributed by atoms with E-state index in [1.807, 2.05) is 32.9 Å². The van der Waals surface area contributed by atoms with E-state index >= 15 is 0 Å². The van der Waals surface area contributed by atoms with E-state index in [1.54, 1.807) is 11.0 Å². The molecule has 1 aromatic carbocycles. The molecular formula is C20H23NO6. The summed E-state index contributed by atoms with van der Waals surface area (Å²) in [4.78, 5) is 38.3. The van der Waals surface area contributed by atoms with Gasteiger partial charge in [0.25, 0.3) is 5.79 Å². The lowest BCUT2D eigenvalue weighted by atomic mass is 10.0. The topological polar surface area (TPSA) is 82.1 Å². The fourth-order valence-corrected chi connectivity index (χ4v) is 2.97. The molecule has 0 aromatic heterocycles. The number of cyclic esters (lactones) is 2. The van der Waals surface area contributed by atoms with E-state index < -0.39 is 29.4 Å². The standard InChI is InChI=1S/C20H23NO6/c1-19(2,3)27-18(24)21-10-13-8-6-7-12(15(13)11-21)9-14-16(22)25-20(4,5)26-17(14)23/h6-9H,10-11H2,1-5H3. The van der Waals surface area contributed by atoms with E-state index in [4.69, 9.17) is 14.2 Å². The molecule has 1 aromatic rings. The van der Waals surface area contributed by atoms with Crippen LogP contribution in [0, 0.1) is 0 Å². The van der Waals surface area contributed by atoms with Crippen LogP contribution in [-0.2, 0) is 36.9 Å². The third kappa shape index (κ3) is 4.13. The first-order valence-electron chi connectivity index (χ1n) is 8.72. The number of rotatable bonds is 1. The Balaban J connectivity index is 1.86. The smallest absolute Gasteiger partial charge is 0.410 e. The Kier molecular flexibility index (Phi) is 4.49. The highest BCUT2D eigenvalue weighted by Gasteiger charge is 2.39. The van der Waals surface area contributed by atoms with Gasteiger partial charge in [-0.3, -0.25) is 4.90 Å². The van der Waals surface area contributed by atoms with Crippen LogP contribution in [0.3, 0.4) is 0 Å². The van der Waals surface area contributed by atoms with Gasteiger partial charge in [-0.25, -0.2) is 14.4 Å². The minimum Gasteiger partial charge on any atom is -0.444 e. The first kappa shape index (κ1) is 18.9. The second kappa shape index (κ2) is 6.40. The number of amides is 1. The Morgan fingerprint density at radius 3 is 2.37 bits per heavy atom. The van der Waals surface area contributed by atoms with Crippen molar-refractivity contribution in [2.45, 2.75) is 59.1 Å². The van der Waals surface area contributed by atoms with Gasteiger partial charge in [0.15, 0.2) is 0 Å². The molecule has 0 spiro atoms. The van der Waals surface area contributed by atoms with Crippen molar-refractivity contribution in [2.24, 2.45) is 0 Å². The molecule has 7 nitrogen and oxygen atoms in total. The van der Waals surface area contributed by atoms with Gasteiger partial charge in [-0.05, 0) is 43.5 Å². The molecule has 1 fully saturated rings. The van der Waals surface area contributed by atoms with Gasteiger partial charge in [0, 0.05) is 20.4 Å². The zero-order valence-electron chi connectivity index (χ0n) is 16.1. The molecule has 0 aliphatic carbocycles. The molecule has 7 heteroatoms. The maximum atomic E-state index is 12.3. The Labute approximate surface area is 157 Å². The molecule has 2 heterocycles. The lowest BCUT2D eigenvalue weighted by molar-refractivity contribution is -0.222. The maximum Gasteiger partial charge on any atom is 0.410 e. The monoisotopic (exact) mass is 373 g/mol. The fraction of sp³-hybridized carbons (Fsp3) is 0.450. The van der Waals surface area contributed by atoms with Crippen LogP contribution in [0.2, 0.25) is 0 Å². The third-order valence-electron chi connectivity index (χ3n) is 4.09. The fourth-order valence-electron chi connectivity index (χ4n) is 2.97. The molecule has 2 aliphatic heterocycles. The maximum absolute atomic E-state index is 12.3. The van der Waals surface area contributed by atoms with Crippen molar-refractivity contribution in [3.05, 3.63) is 40.5 Å². The molecule has 144 valence electrons. The van der Waals surface area contributed by atoms with Crippen LogP contribution in [0.1, 0.15) is 51.3 Å². The van der Waals surface area contributed by atoms with Gasteiger partial charge in [-0.2, -0.15) is 0 Å². The van der Waals surface area contributed by atoms with Crippen LogP contribution in [0.4, 0.5) is 4.79 Å². The van der Waals surface area contributed by atoms with Gasteiger partial charge in [-0.1, -0.05) is 18.2 Å². The highest BCUT2D eigenvalue weighted by atomic mass is 16.7. The van der Waals surface area contributed by atoms with E-state index in [1.165, 1.54) is 19.9 Å². The molecule has 0 N–H and O–H groups in total. The number of benzene rings is 1.